The summed E-state index contributed by atoms with van der Waals surface area (Å²) >= 11 is 0. The molecular weight excluding hydrogens is 382 g/mol. The summed E-state index contributed by atoms with van der Waals surface area (Å²) < 4.78 is 5.47. The Morgan fingerprint density at radius 1 is 0.967 bits per heavy atom. The van der Waals surface area contributed by atoms with Crippen molar-refractivity contribution in [2.24, 2.45) is 0 Å². The number of nitrogens with zero attached hydrogens (tertiary/aromatic N) is 3. The molecule has 1 aliphatic heterocycles. The fourth-order valence-electron chi connectivity index (χ4n) is 3.75. The highest BCUT2D eigenvalue weighted by molar-refractivity contribution is 5.85. The SMILES string of the molecule is O=C(COc1cccc([N+](=O)[O-])c1)N1CCN(Cc2cccc3ccccc23)CC1. The number of benzene rings is 3. The molecular formula is C23H23N3O4. The molecule has 7 heteroatoms. The van der Waals surface area contributed by atoms with Crippen LogP contribution in [0.4, 0.5) is 5.69 Å². The number of amides is 1. The molecule has 1 heterocycles. The number of non-ortho nitro benzene ring substituents is 1. The van der Waals surface area contributed by atoms with E-state index in [1.54, 1.807) is 17.0 Å². The van der Waals surface area contributed by atoms with Gasteiger partial charge in [0.15, 0.2) is 6.61 Å². The first-order valence-corrected chi connectivity index (χ1v) is 9.94. The molecule has 3 aromatic carbocycles. The molecule has 7 nitrogen and oxygen atoms in total. The fourth-order valence-corrected chi connectivity index (χ4v) is 3.75. The highest BCUT2D eigenvalue weighted by atomic mass is 16.6. The molecule has 1 aliphatic rings. The Morgan fingerprint density at radius 3 is 2.50 bits per heavy atom. The van der Waals surface area contributed by atoms with Gasteiger partial charge in [-0.25, -0.2) is 0 Å². The number of carbonyl (C=O) groups excluding carboxylic acids is 1. The molecule has 0 bridgehead atoms. The third-order valence-corrected chi connectivity index (χ3v) is 5.39. The minimum atomic E-state index is -0.482. The van der Waals surface area contributed by atoms with Crippen molar-refractivity contribution in [2.45, 2.75) is 6.54 Å². The lowest BCUT2D eigenvalue weighted by molar-refractivity contribution is -0.384. The van der Waals surface area contributed by atoms with Gasteiger partial charge in [-0.05, 0) is 22.4 Å². The monoisotopic (exact) mass is 405 g/mol. The van der Waals surface area contributed by atoms with Gasteiger partial charge >= 0.3 is 0 Å². The summed E-state index contributed by atoms with van der Waals surface area (Å²) in [4.78, 5) is 27.0. The van der Waals surface area contributed by atoms with Crippen molar-refractivity contribution in [3.8, 4) is 5.75 Å². The van der Waals surface area contributed by atoms with Crippen molar-refractivity contribution in [2.75, 3.05) is 32.8 Å². The summed E-state index contributed by atoms with van der Waals surface area (Å²) in [5.41, 5.74) is 1.24. The van der Waals surface area contributed by atoms with E-state index in [1.807, 2.05) is 6.07 Å². The van der Waals surface area contributed by atoms with Crippen molar-refractivity contribution in [1.29, 1.82) is 0 Å². The average molecular weight is 405 g/mol. The lowest BCUT2D eigenvalue weighted by Gasteiger charge is -2.34. The molecule has 0 atom stereocenters. The van der Waals surface area contributed by atoms with Gasteiger partial charge in [-0.2, -0.15) is 0 Å². The number of rotatable bonds is 6. The van der Waals surface area contributed by atoms with Gasteiger partial charge in [0, 0.05) is 38.8 Å². The van der Waals surface area contributed by atoms with Gasteiger partial charge in [-0.15, -0.1) is 0 Å². The molecule has 0 aromatic heterocycles. The Morgan fingerprint density at radius 2 is 1.70 bits per heavy atom. The Bertz CT molecular complexity index is 1060. The maximum Gasteiger partial charge on any atom is 0.273 e. The largest absolute Gasteiger partial charge is 0.484 e. The van der Waals surface area contributed by atoms with E-state index >= 15 is 0 Å². The van der Waals surface area contributed by atoms with E-state index in [0.29, 0.717) is 18.8 Å². The summed E-state index contributed by atoms with van der Waals surface area (Å²) in [6.45, 7) is 3.61. The quantitative estimate of drug-likeness (QED) is 0.464. The van der Waals surface area contributed by atoms with Gasteiger partial charge in [0.25, 0.3) is 11.6 Å². The molecule has 3 aromatic rings. The first kappa shape index (κ1) is 19.8. The lowest BCUT2D eigenvalue weighted by Crippen LogP contribution is -2.49. The van der Waals surface area contributed by atoms with Crippen LogP contribution >= 0.6 is 0 Å². The summed E-state index contributed by atoms with van der Waals surface area (Å²) in [5.74, 6) is 0.221. The number of nitro benzene ring substituents is 1. The normalized spacial score (nSPS) is 14.6. The van der Waals surface area contributed by atoms with Gasteiger partial charge in [-0.1, -0.05) is 48.5 Å². The molecule has 0 unspecified atom stereocenters. The van der Waals surface area contributed by atoms with Gasteiger partial charge in [0.2, 0.25) is 0 Å². The predicted molar refractivity (Wildman–Crippen MR) is 114 cm³/mol. The van der Waals surface area contributed by atoms with Crippen LogP contribution < -0.4 is 4.74 Å². The van der Waals surface area contributed by atoms with Crippen LogP contribution in [0.1, 0.15) is 5.56 Å². The van der Waals surface area contributed by atoms with Gasteiger partial charge in [0.05, 0.1) is 11.0 Å². The number of hydrogen-bond donors (Lipinski definition) is 0. The van der Waals surface area contributed by atoms with E-state index in [9.17, 15) is 14.9 Å². The minimum Gasteiger partial charge on any atom is -0.484 e. The van der Waals surface area contributed by atoms with Crippen molar-refractivity contribution in [3.63, 3.8) is 0 Å². The number of carbonyl (C=O) groups is 1. The van der Waals surface area contributed by atoms with E-state index < -0.39 is 4.92 Å². The topological polar surface area (TPSA) is 75.9 Å². The van der Waals surface area contributed by atoms with E-state index in [-0.39, 0.29) is 18.2 Å². The minimum absolute atomic E-state index is 0.0537. The Labute approximate surface area is 174 Å². The summed E-state index contributed by atoms with van der Waals surface area (Å²) in [6, 6.07) is 20.6. The van der Waals surface area contributed by atoms with Crippen molar-refractivity contribution < 1.29 is 14.5 Å². The zero-order valence-corrected chi connectivity index (χ0v) is 16.6. The molecule has 0 spiro atoms. The highest BCUT2D eigenvalue weighted by Gasteiger charge is 2.22. The second-order valence-corrected chi connectivity index (χ2v) is 7.34. The first-order valence-electron chi connectivity index (χ1n) is 9.94. The summed E-state index contributed by atoms with van der Waals surface area (Å²) in [6.07, 6.45) is 0. The van der Waals surface area contributed by atoms with Crippen LogP contribution in [0, 0.1) is 10.1 Å². The van der Waals surface area contributed by atoms with Crippen molar-refractivity contribution in [1.82, 2.24) is 9.80 Å². The third-order valence-electron chi connectivity index (χ3n) is 5.39. The predicted octanol–water partition coefficient (Wildman–Crippen LogP) is 3.47. The molecule has 0 saturated carbocycles. The van der Waals surface area contributed by atoms with Crippen LogP contribution in [0.25, 0.3) is 10.8 Å². The molecule has 1 saturated heterocycles. The summed E-state index contributed by atoms with van der Waals surface area (Å²) in [7, 11) is 0. The van der Waals surface area contributed by atoms with Crippen molar-refractivity contribution in [3.05, 3.63) is 82.4 Å². The van der Waals surface area contributed by atoms with Gasteiger partial charge in [-0.3, -0.25) is 19.8 Å². The molecule has 0 radical (unpaired) electrons. The van der Waals surface area contributed by atoms with E-state index in [2.05, 4.69) is 41.3 Å². The molecule has 0 aliphatic carbocycles. The zero-order valence-electron chi connectivity index (χ0n) is 16.6. The van der Waals surface area contributed by atoms with Crippen LogP contribution in [0.5, 0.6) is 5.75 Å². The molecule has 0 N–H and O–H groups in total. The Kier molecular flexibility index (Phi) is 5.90. The van der Waals surface area contributed by atoms with Crippen LogP contribution in [0.2, 0.25) is 0 Å². The Balaban J connectivity index is 1.29. The first-order chi connectivity index (χ1) is 14.6. The van der Waals surface area contributed by atoms with E-state index in [0.717, 1.165) is 19.6 Å². The molecule has 154 valence electrons. The third kappa shape index (κ3) is 4.58. The second-order valence-electron chi connectivity index (χ2n) is 7.34. The molecule has 30 heavy (non-hydrogen) atoms. The zero-order chi connectivity index (χ0) is 20.9. The molecule has 1 fully saturated rings. The number of hydrogen-bond acceptors (Lipinski definition) is 5. The maximum absolute atomic E-state index is 12.5. The van der Waals surface area contributed by atoms with Crippen LogP contribution in [0.3, 0.4) is 0 Å². The number of piperazine rings is 1. The highest BCUT2D eigenvalue weighted by Crippen LogP contribution is 2.21. The van der Waals surface area contributed by atoms with E-state index in [4.69, 9.17) is 4.74 Å². The van der Waals surface area contributed by atoms with Gasteiger partial charge < -0.3 is 9.64 Å². The number of nitro groups is 1. The average Bonchev–Trinajstić information content (AvgIpc) is 2.78. The smallest absolute Gasteiger partial charge is 0.273 e. The fraction of sp³-hybridized carbons (Fsp3) is 0.261. The van der Waals surface area contributed by atoms with Crippen LogP contribution in [-0.2, 0) is 11.3 Å². The second kappa shape index (κ2) is 8.92. The molecule has 1 amide bonds. The van der Waals surface area contributed by atoms with Crippen LogP contribution in [0.15, 0.2) is 66.7 Å². The van der Waals surface area contributed by atoms with Crippen LogP contribution in [-0.4, -0.2) is 53.4 Å². The maximum atomic E-state index is 12.5. The lowest BCUT2D eigenvalue weighted by atomic mass is 10.0. The summed E-state index contributed by atoms with van der Waals surface area (Å²) in [5, 5.41) is 13.3. The van der Waals surface area contributed by atoms with Crippen molar-refractivity contribution >= 4 is 22.4 Å². The standard InChI is InChI=1S/C23H23N3O4/c27-23(17-30-21-9-4-8-20(15-21)26(28)29)25-13-11-24(12-14-25)16-19-7-3-6-18-5-1-2-10-22(18)19/h1-10,15H,11-14,16-17H2. The van der Waals surface area contributed by atoms with E-state index in [1.165, 1.54) is 28.5 Å². The number of ether oxygens (including phenoxy) is 1. The molecule has 4 rings (SSSR count). The number of fused-ring (bicyclic) bond motifs is 1. The van der Waals surface area contributed by atoms with Gasteiger partial charge in [0.1, 0.15) is 5.75 Å². The Hall–Kier alpha value is -3.45.